The number of ether oxygens (including phenoxy) is 1. The van der Waals surface area contributed by atoms with Crippen LogP contribution in [-0.2, 0) is 22.5 Å². The molecule has 0 spiro atoms. The Morgan fingerprint density at radius 3 is 2.47 bits per heavy atom. The fraction of sp³-hybridized carbons (Fsp3) is 0.167. The van der Waals surface area contributed by atoms with Crippen LogP contribution < -0.4 is 4.52 Å². The van der Waals surface area contributed by atoms with Gasteiger partial charge >= 0.3 is 7.82 Å². The normalized spacial score (nSPS) is 11.5. The van der Waals surface area contributed by atoms with E-state index < -0.39 is 7.82 Å². The van der Waals surface area contributed by atoms with E-state index in [1.54, 1.807) is 0 Å². The first-order chi connectivity index (χ1) is 9.03. The molecule has 0 saturated heterocycles. The summed E-state index contributed by atoms with van der Waals surface area (Å²) >= 11 is 0. The molecule has 0 aliphatic carbocycles. The molecule has 0 amide bonds. The first-order valence-corrected chi connectivity index (χ1v) is 7.01. The maximum absolute atomic E-state index is 10.6. The van der Waals surface area contributed by atoms with Gasteiger partial charge in [0.2, 0.25) is 0 Å². The standard InChI is InChI=1S/C12H13O6P/c13-19(14,15)18-12-7-6-11(17-12)9-16-8-10-4-2-1-3-5-10/h1-7H,8-9H2,(H2,13,14,15). The van der Waals surface area contributed by atoms with Crippen LogP contribution in [0.2, 0.25) is 0 Å². The number of hydrogen-bond acceptors (Lipinski definition) is 4. The molecule has 0 aliphatic heterocycles. The van der Waals surface area contributed by atoms with Crippen molar-refractivity contribution < 1.29 is 28.0 Å². The van der Waals surface area contributed by atoms with Gasteiger partial charge in [0, 0.05) is 6.07 Å². The van der Waals surface area contributed by atoms with Gasteiger partial charge in [-0.1, -0.05) is 30.3 Å². The Morgan fingerprint density at radius 1 is 1.05 bits per heavy atom. The third kappa shape index (κ3) is 4.89. The lowest BCUT2D eigenvalue weighted by Gasteiger charge is -2.03. The molecule has 1 aromatic heterocycles. The molecule has 0 unspecified atom stereocenters. The van der Waals surface area contributed by atoms with E-state index >= 15 is 0 Å². The van der Waals surface area contributed by atoms with Gasteiger partial charge in [0.05, 0.1) is 6.61 Å². The van der Waals surface area contributed by atoms with Gasteiger partial charge in [-0.15, -0.1) is 0 Å². The maximum atomic E-state index is 10.6. The smallest absolute Gasteiger partial charge is 0.428 e. The van der Waals surface area contributed by atoms with Gasteiger partial charge in [-0.25, -0.2) is 4.57 Å². The molecule has 1 heterocycles. The van der Waals surface area contributed by atoms with Gasteiger partial charge in [-0.2, -0.15) is 0 Å². The van der Waals surface area contributed by atoms with Crippen LogP contribution in [0.5, 0.6) is 5.95 Å². The molecule has 6 nitrogen and oxygen atoms in total. The van der Waals surface area contributed by atoms with Crippen LogP contribution in [0, 0.1) is 0 Å². The highest BCUT2D eigenvalue weighted by Crippen LogP contribution is 2.38. The van der Waals surface area contributed by atoms with Crippen LogP contribution in [-0.4, -0.2) is 9.79 Å². The maximum Gasteiger partial charge on any atom is 0.527 e. The number of furan rings is 1. The number of phosphoric acid groups is 1. The molecule has 7 heteroatoms. The molecular weight excluding hydrogens is 271 g/mol. The minimum absolute atomic E-state index is 0.194. The molecule has 2 aromatic rings. The average molecular weight is 284 g/mol. The van der Waals surface area contributed by atoms with E-state index in [1.807, 2.05) is 30.3 Å². The largest absolute Gasteiger partial charge is 0.527 e. The van der Waals surface area contributed by atoms with E-state index in [9.17, 15) is 4.57 Å². The Bertz CT molecular complexity index is 559. The van der Waals surface area contributed by atoms with Crippen molar-refractivity contribution in [1.82, 2.24) is 0 Å². The molecule has 0 atom stereocenters. The summed E-state index contributed by atoms with van der Waals surface area (Å²) in [6.45, 7) is 0.621. The van der Waals surface area contributed by atoms with Crippen LogP contribution in [0.15, 0.2) is 46.9 Å². The van der Waals surface area contributed by atoms with Crippen molar-refractivity contribution in [3.63, 3.8) is 0 Å². The van der Waals surface area contributed by atoms with Gasteiger partial charge in [0.25, 0.3) is 5.95 Å². The Labute approximate surface area is 109 Å². The predicted molar refractivity (Wildman–Crippen MR) is 66.3 cm³/mol. The van der Waals surface area contributed by atoms with Gasteiger partial charge in [-0.05, 0) is 11.6 Å². The molecule has 0 saturated carbocycles. The molecule has 0 bridgehead atoms. The lowest BCUT2D eigenvalue weighted by molar-refractivity contribution is 0.0907. The van der Waals surface area contributed by atoms with E-state index in [2.05, 4.69) is 4.52 Å². The van der Waals surface area contributed by atoms with Crippen molar-refractivity contribution in [3.8, 4) is 5.95 Å². The monoisotopic (exact) mass is 284 g/mol. The van der Waals surface area contributed by atoms with Gasteiger partial charge in [0.1, 0.15) is 12.4 Å². The van der Waals surface area contributed by atoms with E-state index in [-0.39, 0.29) is 12.6 Å². The van der Waals surface area contributed by atoms with Crippen molar-refractivity contribution in [2.75, 3.05) is 0 Å². The van der Waals surface area contributed by atoms with Crippen molar-refractivity contribution >= 4 is 7.82 Å². The second kappa shape index (κ2) is 6.04. The molecule has 102 valence electrons. The van der Waals surface area contributed by atoms with Crippen molar-refractivity contribution in [2.45, 2.75) is 13.2 Å². The molecule has 1 aromatic carbocycles. The van der Waals surface area contributed by atoms with E-state index in [4.69, 9.17) is 18.9 Å². The molecule has 0 fully saturated rings. The molecule has 2 rings (SSSR count). The fourth-order valence-corrected chi connectivity index (χ4v) is 1.78. The van der Waals surface area contributed by atoms with E-state index in [0.717, 1.165) is 5.56 Å². The molecule has 0 radical (unpaired) electrons. The molecule has 19 heavy (non-hydrogen) atoms. The van der Waals surface area contributed by atoms with Crippen LogP contribution in [0.25, 0.3) is 0 Å². The zero-order valence-electron chi connectivity index (χ0n) is 9.93. The van der Waals surface area contributed by atoms with Crippen LogP contribution in [0.1, 0.15) is 11.3 Å². The van der Waals surface area contributed by atoms with Gasteiger partial charge in [-0.3, -0.25) is 9.79 Å². The quantitative estimate of drug-likeness (QED) is 0.792. The Kier molecular flexibility index (Phi) is 4.39. The number of phosphoric ester groups is 1. The van der Waals surface area contributed by atoms with Gasteiger partial charge in [0.15, 0.2) is 0 Å². The van der Waals surface area contributed by atoms with Gasteiger partial charge < -0.3 is 13.7 Å². The molecule has 2 N–H and O–H groups in total. The lowest BCUT2D eigenvalue weighted by Crippen LogP contribution is -1.92. The van der Waals surface area contributed by atoms with E-state index in [1.165, 1.54) is 12.1 Å². The minimum atomic E-state index is -4.58. The summed E-state index contributed by atoms with van der Waals surface area (Å²) in [5.74, 6) is 0.200. The summed E-state index contributed by atoms with van der Waals surface area (Å²) in [4.78, 5) is 17.2. The number of hydrogen-bond donors (Lipinski definition) is 2. The molecule has 0 aliphatic rings. The Hall–Kier alpha value is -1.59. The zero-order chi connectivity index (χ0) is 13.7. The second-order valence-electron chi connectivity index (χ2n) is 3.78. The molecular formula is C12H13O6P. The number of rotatable bonds is 6. The second-order valence-corrected chi connectivity index (χ2v) is 4.94. The minimum Gasteiger partial charge on any atom is -0.428 e. The third-order valence-corrected chi connectivity index (χ3v) is 2.62. The van der Waals surface area contributed by atoms with Crippen molar-refractivity contribution in [1.29, 1.82) is 0 Å². The highest BCUT2D eigenvalue weighted by atomic mass is 31.2. The number of benzene rings is 1. The first-order valence-electron chi connectivity index (χ1n) is 5.48. The van der Waals surface area contributed by atoms with Crippen molar-refractivity contribution in [3.05, 3.63) is 53.8 Å². The van der Waals surface area contributed by atoms with Crippen LogP contribution in [0.3, 0.4) is 0 Å². The van der Waals surface area contributed by atoms with Crippen LogP contribution in [0.4, 0.5) is 0 Å². The van der Waals surface area contributed by atoms with Crippen LogP contribution >= 0.6 is 7.82 Å². The zero-order valence-corrected chi connectivity index (χ0v) is 10.8. The van der Waals surface area contributed by atoms with E-state index in [0.29, 0.717) is 12.4 Å². The highest BCUT2D eigenvalue weighted by Gasteiger charge is 2.18. The SMILES string of the molecule is O=P(O)(O)Oc1ccc(COCc2ccccc2)o1. The topological polar surface area (TPSA) is 89.1 Å². The summed E-state index contributed by atoms with van der Waals surface area (Å²) in [7, 11) is -4.58. The summed E-state index contributed by atoms with van der Waals surface area (Å²) in [6.07, 6.45) is 0. The summed E-state index contributed by atoms with van der Waals surface area (Å²) in [5, 5.41) is 0. The average Bonchev–Trinajstić information content (AvgIpc) is 2.76. The predicted octanol–water partition coefficient (Wildman–Crippen LogP) is 2.47. The fourth-order valence-electron chi connectivity index (χ4n) is 1.45. The summed E-state index contributed by atoms with van der Waals surface area (Å²) in [5.41, 5.74) is 1.03. The summed E-state index contributed by atoms with van der Waals surface area (Å²) in [6, 6.07) is 12.5. The first kappa shape index (κ1) is 13.8. The lowest BCUT2D eigenvalue weighted by atomic mass is 10.2. The third-order valence-electron chi connectivity index (χ3n) is 2.20. The highest BCUT2D eigenvalue weighted by molar-refractivity contribution is 7.46. The summed E-state index contributed by atoms with van der Waals surface area (Å²) < 4.78 is 25.3. The Morgan fingerprint density at radius 2 is 1.79 bits per heavy atom. The van der Waals surface area contributed by atoms with Crippen molar-refractivity contribution in [2.24, 2.45) is 0 Å². The Balaban J connectivity index is 1.82.